The number of halogens is 5. The van der Waals surface area contributed by atoms with E-state index < -0.39 is 12.6 Å². The molecule has 9 heteroatoms. The topological polar surface area (TPSA) is 43.6 Å². The third kappa shape index (κ3) is 5.28. The van der Waals surface area contributed by atoms with E-state index in [0.717, 1.165) is 0 Å². The Morgan fingerprint density at radius 1 is 1.24 bits per heavy atom. The minimum Gasteiger partial charge on any atom is -0.326 e. The molecule has 0 spiro atoms. The summed E-state index contributed by atoms with van der Waals surface area (Å²) in [5.74, 6) is 1.08. The molecular weight excluding hydrogens is 373 g/mol. The van der Waals surface area contributed by atoms with Gasteiger partial charge in [0, 0.05) is 31.4 Å². The van der Waals surface area contributed by atoms with Crippen LogP contribution in [-0.4, -0.2) is 25.7 Å². The molecule has 0 N–H and O–H groups in total. The van der Waals surface area contributed by atoms with Crippen LogP contribution in [0.4, 0.5) is 13.2 Å². The van der Waals surface area contributed by atoms with Gasteiger partial charge in [0.25, 0.3) is 0 Å². The zero-order chi connectivity index (χ0) is 15.5. The van der Waals surface area contributed by atoms with Crippen LogP contribution in [0.3, 0.4) is 0 Å². The molecule has 0 bridgehead atoms. The molecule has 0 aliphatic carbocycles. The van der Waals surface area contributed by atoms with Crippen molar-refractivity contribution in [1.29, 1.82) is 0 Å². The Bertz CT molecular complexity index is 598. The van der Waals surface area contributed by atoms with E-state index in [2.05, 4.69) is 30.9 Å². The fourth-order valence-corrected chi connectivity index (χ4v) is 2.33. The molecule has 0 fully saturated rings. The highest BCUT2D eigenvalue weighted by molar-refractivity contribution is 9.10. The van der Waals surface area contributed by atoms with Crippen molar-refractivity contribution < 1.29 is 13.2 Å². The van der Waals surface area contributed by atoms with Crippen LogP contribution < -0.4 is 0 Å². The van der Waals surface area contributed by atoms with Gasteiger partial charge in [-0.15, -0.1) is 0 Å². The Hall–Kier alpha value is -1.15. The van der Waals surface area contributed by atoms with Gasteiger partial charge in [0.1, 0.15) is 16.3 Å². The zero-order valence-electron chi connectivity index (χ0n) is 10.7. The number of alkyl halides is 3. The lowest BCUT2D eigenvalue weighted by Gasteiger charge is -2.08. The largest absolute Gasteiger partial charge is 0.389 e. The highest BCUT2D eigenvalue weighted by atomic mass is 79.9. The van der Waals surface area contributed by atoms with E-state index in [0.29, 0.717) is 27.8 Å². The summed E-state index contributed by atoms with van der Waals surface area (Å²) in [6.45, 7) is 0.330. The predicted octanol–water partition coefficient (Wildman–Crippen LogP) is 4.02. The lowest BCUT2D eigenvalue weighted by Crippen LogP contribution is -2.10. The smallest absolute Gasteiger partial charge is 0.326 e. The van der Waals surface area contributed by atoms with Crippen LogP contribution in [0.2, 0.25) is 5.02 Å². The van der Waals surface area contributed by atoms with Gasteiger partial charge in [-0.25, -0.2) is 15.0 Å². The Balaban J connectivity index is 2.04. The van der Waals surface area contributed by atoms with Crippen molar-refractivity contribution >= 4 is 27.5 Å². The molecule has 2 aromatic heterocycles. The highest BCUT2D eigenvalue weighted by Gasteiger charge is 2.26. The number of hydrogen-bond acceptors (Lipinski definition) is 3. The average molecular weight is 384 g/mol. The van der Waals surface area contributed by atoms with Crippen LogP contribution in [0.15, 0.2) is 23.2 Å². The molecule has 2 rings (SSSR count). The first-order chi connectivity index (χ1) is 9.83. The Morgan fingerprint density at radius 3 is 2.52 bits per heavy atom. The van der Waals surface area contributed by atoms with E-state index in [4.69, 9.17) is 11.6 Å². The van der Waals surface area contributed by atoms with E-state index in [-0.39, 0.29) is 12.8 Å². The van der Waals surface area contributed by atoms with Crippen LogP contribution in [0.5, 0.6) is 0 Å². The normalized spacial score (nSPS) is 11.9. The molecule has 0 aromatic carbocycles. The van der Waals surface area contributed by atoms with Gasteiger partial charge in [0.05, 0.1) is 11.6 Å². The van der Waals surface area contributed by atoms with Crippen LogP contribution >= 0.6 is 27.5 Å². The van der Waals surface area contributed by atoms with Crippen molar-refractivity contribution in [2.45, 2.75) is 32.0 Å². The maximum Gasteiger partial charge on any atom is 0.389 e. The second-order valence-electron chi connectivity index (χ2n) is 4.39. The first-order valence-corrected chi connectivity index (χ1v) is 7.25. The van der Waals surface area contributed by atoms with Crippen LogP contribution in [0.1, 0.15) is 24.5 Å². The summed E-state index contributed by atoms with van der Waals surface area (Å²) in [5, 5.41) is 0.427. The van der Waals surface area contributed by atoms with Gasteiger partial charge >= 0.3 is 6.18 Å². The molecule has 0 saturated carbocycles. The summed E-state index contributed by atoms with van der Waals surface area (Å²) in [5.41, 5.74) is 0. The van der Waals surface area contributed by atoms with E-state index in [1.807, 2.05) is 0 Å². The molecule has 2 aromatic rings. The molecule has 0 unspecified atom stereocenters. The number of aryl methyl sites for hydroxylation is 1. The lowest BCUT2D eigenvalue weighted by molar-refractivity contribution is -0.135. The van der Waals surface area contributed by atoms with Gasteiger partial charge in [-0.1, -0.05) is 11.6 Å². The number of imidazole rings is 1. The summed E-state index contributed by atoms with van der Waals surface area (Å²) in [7, 11) is 0. The van der Waals surface area contributed by atoms with Crippen molar-refractivity contribution in [1.82, 2.24) is 19.5 Å². The maximum absolute atomic E-state index is 12.2. The number of aromatic nitrogens is 4. The van der Waals surface area contributed by atoms with Crippen LogP contribution in [0.25, 0.3) is 0 Å². The molecule has 0 aliphatic heterocycles. The van der Waals surface area contributed by atoms with E-state index in [1.165, 1.54) is 12.4 Å². The van der Waals surface area contributed by atoms with Gasteiger partial charge in [-0.3, -0.25) is 0 Å². The second kappa shape index (κ2) is 6.74. The van der Waals surface area contributed by atoms with E-state index in [1.54, 1.807) is 10.8 Å². The van der Waals surface area contributed by atoms with Crippen LogP contribution in [0, 0.1) is 0 Å². The van der Waals surface area contributed by atoms with Gasteiger partial charge in [-0.2, -0.15) is 13.2 Å². The molecule has 0 radical (unpaired) electrons. The summed E-state index contributed by atoms with van der Waals surface area (Å²) < 4.78 is 38.8. The summed E-state index contributed by atoms with van der Waals surface area (Å²) in [6.07, 6.45) is -0.102. The fraction of sp³-hybridized carbons (Fsp3) is 0.417. The van der Waals surface area contributed by atoms with Crippen molar-refractivity contribution in [3.8, 4) is 0 Å². The van der Waals surface area contributed by atoms with Gasteiger partial charge in [0.15, 0.2) is 0 Å². The van der Waals surface area contributed by atoms with E-state index >= 15 is 0 Å². The number of nitrogens with zero attached hydrogens (tertiary/aromatic N) is 4. The molecule has 0 saturated heterocycles. The lowest BCUT2D eigenvalue weighted by atomic mass is 10.2. The number of rotatable bonds is 5. The van der Waals surface area contributed by atoms with Crippen molar-refractivity contribution in [2.75, 3.05) is 0 Å². The molecule has 0 atom stereocenters. The molecule has 114 valence electrons. The standard InChI is InChI=1S/C12H11BrClF3N4/c13-9-6-21(7-10-18-4-8(14)5-19-10)11(20-9)2-1-3-12(15,16)17/h4-6H,1-3,7H2. The average Bonchev–Trinajstić information content (AvgIpc) is 2.71. The first kappa shape index (κ1) is 16.2. The van der Waals surface area contributed by atoms with E-state index in [9.17, 15) is 13.2 Å². The van der Waals surface area contributed by atoms with Gasteiger partial charge in [-0.05, 0) is 22.4 Å². The predicted molar refractivity (Wildman–Crippen MR) is 75.1 cm³/mol. The third-order valence-electron chi connectivity index (χ3n) is 2.68. The van der Waals surface area contributed by atoms with Gasteiger partial charge < -0.3 is 4.57 Å². The highest BCUT2D eigenvalue weighted by Crippen LogP contribution is 2.23. The van der Waals surface area contributed by atoms with Crippen molar-refractivity contribution in [3.05, 3.63) is 39.9 Å². The summed E-state index contributed by atoms with van der Waals surface area (Å²) in [4.78, 5) is 12.3. The Labute approximate surface area is 132 Å². The summed E-state index contributed by atoms with van der Waals surface area (Å²) >= 11 is 8.93. The quantitative estimate of drug-likeness (QED) is 0.783. The fourth-order valence-electron chi connectivity index (χ4n) is 1.78. The molecule has 0 aliphatic rings. The van der Waals surface area contributed by atoms with Crippen molar-refractivity contribution in [3.63, 3.8) is 0 Å². The maximum atomic E-state index is 12.2. The molecule has 0 amide bonds. The third-order valence-corrected chi connectivity index (χ3v) is 3.25. The van der Waals surface area contributed by atoms with Crippen molar-refractivity contribution in [2.24, 2.45) is 0 Å². The molecule has 4 nitrogen and oxygen atoms in total. The molecule has 21 heavy (non-hydrogen) atoms. The monoisotopic (exact) mass is 382 g/mol. The molecular formula is C12H11BrClF3N4. The Morgan fingerprint density at radius 2 is 1.90 bits per heavy atom. The first-order valence-electron chi connectivity index (χ1n) is 6.08. The minimum absolute atomic E-state index is 0.00553. The second-order valence-corrected chi connectivity index (χ2v) is 5.64. The zero-order valence-corrected chi connectivity index (χ0v) is 13.1. The molecule has 2 heterocycles. The SMILES string of the molecule is FC(F)(F)CCCc1nc(Br)cn1Cc1ncc(Cl)cn1. The number of hydrogen-bond donors (Lipinski definition) is 0. The Kier molecular flexibility index (Phi) is 5.21. The minimum atomic E-state index is -4.14. The summed E-state index contributed by atoms with van der Waals surface area (Å²) in [6, 6.07) is 0. The van der Waals surface area contributed by atoms with Gasteiger partial charge in [0.2, 0.25) is 0 Å². The van der Waals surface area contributed by atoms with Crippen LogP contribution in [-0.2, 0) is 13.0 Å².